The summed E-state index contributed by atoms with van der Waals surface area (Å²) in [7, 11) is 0. The summed E-state index contributed by atoms with van der Waals surface area (Å²) in [6.07, 6.45) is 8.34. The van der Waals surface area contributed by atoms with Crippen molar-refractivity contribution in [3.63, 3.8) is 0 Å². The van der Waals surface area contributed by atoms with Crippen LogP contribution >= 0.6 is 0 Å². The van der Waals surface area contributed by atoms with E-state index in [1.807, 2.05) is 12.5 Å². The summed E-state index contributed by atoms with van der Waals surface area (Å²) in [6, 6.07) is 0.443. The molecule has 1 aromatic heterocycles. The average Bonchev–Trinajstić information content (AvgIpc) is 2.75. The zero-order valence-corrected chi connectivity index (χ0v) is 6.72. The molecule has 1 aromatic rings. The van der Waals surface area contributed by atoms with E-state index in [-0.39, 0.29) is 0 Å². The van der Waals surface area contributed by atoms with Crippen molar-refractivity contribution < 1.29 is 5.21 Å². The molecule has 1 N–H and O–H groups in total. The number of hydrogen-bond donors (Lipinski definition) is 1. The van der Waals surface area contributed by atoms with E-state index in [1.54, 1.807) is 6.20 Å². The molecule has 4 nitrogen and oxygen atoms in total. The fourth-order valence-corrected chi connectivity index (χ4v) is 1.64. The van der Waals surface area contributed by atoms with Crippen molar-refractivity contribution in [3.05, 3.63) is 18.7 Å². The number of rotatable bonds is 1. The second-order valence-corrected chi connectivity index (χ2v) is 3.07. The SMILES string of the molecule is ON=C1CCC(n2ccnc2)C1. The summed E-state index contributed by atoms with van der Waals surface area (Å²) in [6.45, 7) is 0. The Balaban J connectivity index is 2.10. The van der Waals surface area contributed by atoms with E-state index >= 15 is 0 Å². The number of nitrogens with zero attached hydrogens (tertiary/aromatic N) is 3. The van der Waals surface area contributed by atoms with Gasteiger partial charge in [0.05, 0.1) is 12.0 Å². The van der Waals surface area contributed by atoms with E-state index in [4.69, 9.17) is 5.21 Å². The third kappa shape index (κ3) is 1.20. The molecule has 4 heteroatoms. The van der Waals surface area contributed by atoms with Crippen LogP contribution in [0.4, 0.5) is 0 Å². The van der Waals surface area contributed by atoms with Crippen LogP contribution in [0.2, 0.25) is 0 Å². The van der Waals surface area contributed by atoms with Crippen molar-refractivity contribution in [1.82, 2.24) is 9.55 Å². The van der Waals surface area contributed by atoms with Crippen molar-refractivity contribution in [3.8, 4) is 0 Å². The van der Waals surface area contributed by atoms with Crippen molar-refractivity contribution in [2.24, 2.45) is 5.16 Å². The third-order valence-corrected chi connectivity index (χ3v) is 2.33. The smallest absolute Gasteiger partial charge is 0.0948 e. The Morgan fingerprint density at radius 1 is 1.67 bits per heavy atom. The van der Waals surface area contributed by atoms with Gasteiger partial charge in [0.2, 0.25) is 0 Å². The van der Waals surface area contributed by atoms with Gasteiger partial charge >= 0.3 is 0 Å². The van der Waals surface area contributed by atoms with Crippen molar-refractivity contribution >= 4 is 5.71 Å². The summed E-state index contributed by atoms with van der Waals surface area (Å²) in [5.41, 5.74) is 0.897. The van der Waals surface area contributed by atoms with Crippen molar-refractivity contribution in [1.29, 1.82) is 0 Å². The van der Waals surface area contributed by atoms with Crippen LogP contribution in [0.1, 0.15) is 25.3 Å². The number of oxime groups is 1. The Morgan fingerprint density at radius 2 is 2.58 bits per heavy atom. The molecule has 0 aliphatic heterocycles. The lowest BCUT2D eigenvalue weighted by Gasteiger charge is -2.08. The van der Waals surface area contributed by atoms with E-state index in [2.05, 4.69) is 14.7 Å². The molecule has 1 heterocycles. The van der Waals surface area contributed by atoms with E-state index in [1.165, 1.54) is 0 Å². The molecule has 1 atom stereocenters. The Labute approximate surface area is 70.5 Å². The minimum atomic E-state index is 0.443. The first-order valence-corrected chi connectivity index (χ1v) is 4.07. The zero-order chi connectivity index (χ0) is 8.39. The van der Waals surface area contributed by atoms with Gasteiger partial charge in [-0.2, -0.15) is 0 Å². The monoisotopic (exact) mass is 165 g/mol. The van der Waals surface area contributed by atoms with E-state index < -0.39 is 0 Å². The van der Waals surface area contributed by atoms with Gasteiger partial charge in [0, 0.05) is 24.9 Å². The number of hydrogen-bond acceptors (Lipinski definition) is 3. The van der Waals surface area contributed by atoms with Gasteiger partial charge in [0.1, 0.15) is 0 Å². The molecule has 12 heavy (non-hydrogen) atoms. The van der Waals surface area contributed by atoms with Gasteiger partial charge in [0.25, 0.3) is 0 Å². The first-order valence-electron chi connectivity index (χ1n) is 4.07. The molecule has 1 fully saturated rings. The van der Waals surface area contributed by atoms with Gasteiger partial charge in [-0.25, -0.2) is 4.98 Å². The predicted octanol–water partition coefficient (Wildman–Crippen LogP) is 1.44. The molecule has 2 rings (SSSR count). The van der Waals surface area contributed by atoms with Gasteiger partial charge < -0.3 is 9.77 Å². The maximum Gasteiger partial charge on any atom is 0.0948 e. The average molecular weight is 165 g/mol. The highest BCUT2D eigenvalue weighted by molar-refractivity contribution is 5.86. The van der Waals surface area contributed by atoms with Crippen LogP contribution in [-0.4, -0.2) is 20.5 Å². The van der Waals surface area contributed by atoms with Crippen molar-refractivity contribution in [2.75, 3.05) is 0 Å². The summed E-state index contributed by atoms with van der Waals surface area (Å²) in [5.74, 6) is 0. The van der Waals surface area contributed by atoms with Crippen LogP contribution in [0.5, 0.6) is 0 Å². The minimum absolute atomic E-state index is 0.443. The van der Waals surface area contributed by atoms with Gasteiger partial charge in [-0.05, 0) is 12.8 Å². The van der Waals surface area contributed by atoms with Crippen LogP contribution in [-0.2, 0) is 0 Å². The highest BCUT2D eigenvalue weighted by Gasteiger charge is 2.21. The van der Waals surface area contributed by atoms with E-state index in [0.717, 1.165) is 25.0 Å². The lowest BCUT2D eigenvalue weighted by Crippen LogP contribution is -2.02. The maximum atomic E-state index is 8.54. The van der Waals surface area contributed by atoms with Gasteiger partial charge in [0.15, 0.2) is 0 Å². The third-order valence-electron chi connectivity index (χ3n) is 2.33. The fraction of sp³-hybridized carbons (Fsp3) is 0.500. The lowest BCUT2D eigenvalue weighted by molar-refractivity contribution is 0.317. The summed E-state index contributed by atoms with van der Waals surface area (Å²) >= 11 is 0. The van der Waals surface area contributed by atoms with Gasteiger partial charge in [-0.1, -0.05) is 5.16 Å². The molecule has 0 amide bonds. The fourth-order valence-electron chi connectivity index (χ4n) is 1.64. The minimum Gasteiger partial charge on any atom is -0.411 e. The predicted molar refractivity (Wildman–Crippen MR) is 44.3 cm³/mol. The molecular weight excluding hydrogens is 154 g/mol. The summed E-state index contributed by atoms with van der Waals surface area (Å²) in [4.78, 5) is 3.98. The second-order valence-electron chi connectivity index (χ2n) is 3.07. The molecule has 64 valence electrons. The highest BCUT2D eigenvalue weighted by Crippen LogP contribution is 2.27. The molecule has 1 aliphatic rings. The Hall–Kier alpha value is -1.32. The van der Waals surface area contributed by atoms with Crippen LogP contribution < -0.4 is 0 Å². The zero-order valence-electron chi connectivity index (χ0n) is 6.72. The number of aromatic nitrogens is 2. The number of imidazole rings is 1. The van der Waals surface area contributed by atoms with Crippen LogP contribution in [0.15, 0.2) is 23.9 Å². The second kappa shape index (κ2) is 2.97. The Kier molecular flexibility index (Phi) is 1.81. The highest BCUT2D eigenvalue weighted by atomic mass is 16.4. The lowest BCUT2D eigenvalue weighted by atomic mass is 10.2. The molecule has 0 spiro atoms. The topological polar surface area (TPSA) is 50.4 Å². The van der Waals surface area contributed by atoms with E-state index in [0.29, 0.717) is 6.04 Å². The van der Waals surface area contributed by atoms with Crippen LogP contribution in [0.3, 0.4) is 0 Å². The molecule has 1 saturated carbocycles. The standard InChI is InChI=1S/C8H11N3O/c12-10-7-1-2-8(5-7)11-4-3-9-6-11/h3-4,6,8,12H,1-2,5H2. The quantitative estimate of drug-likeness (QED) is 0.505. The van der Waals surface area contributed by atoms with Gasteiger partial charge in [-0.3, -0.25) is 0 Å². The molecule has 0 aromatic carbocycles. The van der Waals surface area contributed by atoms with Crippen LogP contribution in [0, 0.1) is 0 Å². The van der Waals surface area contributed by atoms with Gasteiger partial charge in [-0.15, -0.1) is 0 Å². The molecule has 0 saturated heterocycles. The maximum absolute atomic E-state index is 8.54. The Morgan fingerprint density at radius 3 is 3.17 bits per heavy atom. The molecular formula is C8H11N3O. The molecule has 1 unspecified atom stereocenters. The van der Waals surface area contributed by atoms with Crippen LogP contribution in [0.25, 0.3) is 0 Å². The normalized spacial score (nSPS) is 26.7. The molecule has 1 aliphatic carbocycles. The first kappa shape index (κ1) is 7.34. The Bertz CT molecular complexity index is 279. The summed E-state index contributed by atoms with van der Waals surface area (Å²) < 4.78 is 2.07. The molecule has 0 radical (unpaired) electrons. The first-order chi connectivity index (χ1) is 5.90. The van der Waals surface area contributed by atoms with Crippen molar-refractivity contribution in [2.45, 2.75) is 25.3 Å². The van der Waals surface area contributed by atoms with E-state index in [9.17, 15) is 0 Å². The summed E-state index contributed by atoms with van der Waals surface area (Å²) in [5, 5.41) is 11.8. The largest absolute Gasteiger partial charge is 0.411 e. The molecule has 0 bridgehead atoms.